The number of hydrogen-bond acceptors (Lipinski definition) is 3. The van der Waals surface area contributed by atoms with Gasteiger partial charge in [0, 0.05) is 25.6 Å². The topological polar surface area (TPSA) is 41.6 Å². The van der Waals surface area contributed by atoms with Crippen molar-refractivity contribution in [1.29, 1.82) is 0 Å². The molecule has 0 aromatic carbocycles. The molecule has 0 saturated carbocycles. The lowest BCUT2D eigenvalue weighted by Gasteiger charge is -2.30. The predicted octanol–water partition coefficient (Wildman–Crippen LogP) is 0.479. The van der Waals surface area contributed by atoms with Gasteiger partial charge in [0.1, 0.15) is 0 Å². The van der Waals surface area contributed by atoms with Crippen LogP contribution in [0.5, 0.6) is 0 Å². The van der Waals surface area contributed by atoms with Gasteiger partial charge >= 0.3 is 0 Å². The molecule has 4 nitrogen and oxygen atoms in total. The largest absolute Gasteiger partial charge is 0.375 e. The lowest BCUT2D eigenvalue weighted by Crippen LogP contribution is -2.41. The number of amides is 1. The number of likely N-dealkylation sites (N-methyl/N-ethyl adjacent to an activating group) is 1. The highest BCUT2D eigenvalue weighted by Gasteiger charge is 2.17. The summed E-state index contributed by atoms with van der Waals surface area (Å²) in [4.78, 5) is 13.5. The van der Waals surface area contributed by atoms with Crippen molar-refractivity contribution in [2.24, 2.45) is 5.92 Å². The Bertz CT molecular complexity index is 207. The van der Waals surface area contributed by atoms with Crippen LogP contribution in [0.4, 0.5) is 0 Å². The van der Waals surface area contributed by atoms with E-state index in [0.29, 0.717) is 0 Å². The Hall–Kier alpha value is -0.610. The second kappa shape index (κ2) is 6.08. The van der Waals surface area contributed by atoms with Crippen molar-refractivity contribution in [3.8, 4) is 0 Å². The summed E-state index contributed by atoms with van der Waals surface area (Å²) in [6.45, 7) is 7.31. The van der Waals surface area contributed by atoms with Gasteiger partial charge in [-0.05, 0) is 13.5 Å². The molecule has 0 aliphatic carbocycles. The van der Waals surface area contributed by atoms with E-state index in [0.717, 1.165) is 32.7 Å². The average Bonchev–Trinajstić information content (AvgIpc) is 2.17. The van der Waals surface area contributed by atoms with Crippen molar-refractivity contribution in [2.75, 3.05) is 33.3 Å². The zero-order valence-electron chi connectivity index (χ0n) is 9.95. The average molecular weight is 214 g/mol. The van der Waals surface area contributed by atoms with Crippen molar-refractivity contribution >= 4 is 5.91 Å². The smallest absolute Gasteiger partial charge is 0.222 e. The number of carbonyl (C=O) groups excluding carboxylic acids is 1. The first-order valence-electron chi connectivity index (χ1n) is 5.67. The minimum Gasteiger partial charge on any atom is -0.375 e. The van der Waals surface area contributed by atoms with Crippen molar-refractivity contribution in [1.82, 2.24) is 10.2 Å². The molecular formula is C11H22N2O2. The maximum absolute atomic E-state index is 11.3. The van der Waals surface area contributed by atoms with Crippen LogP contribution in [0.2, 0.25) is 0 Å². The van der Waals surface area contributed by atoms with E-state index in [1.807, 2.05) is 13.8 Å². The molecule has 88 valence electrons. The van der Waals surface area contributed by atoms with Crippen molar-refractivity contribution in [3.63, 3.8) is 0 Å². The summed E-state index contributed by atoms with van der Waals surface area (Å²) < 4.78 is 5.60. The number of nitrogens with zero attached hydrogens (tertiary/aromatic N) is 1. The van der Waals surface area contributed by atoms with Gasteiger partial charge in [-0.3, -0.25) is 4.79 Å². The van der Waals surface area contributed by atoms with E-state index in [9.17, 15) is 4.79 Å². The van der Waals surface area contributed by atoms with Gasteiger partial charge in [-0.15, -0.1) is 0 Å². The summed E-state index contributed by atoms with van der Waals surface area (Å²) in [7, 11) is 2.10. The fourth-order valence-electron chi connectivity index (χ4n) is 1.60. The van der Waals surface area contributed by atoms with Crippen LogP contribution in [-0.4, -0.2) is 50.2 Å². The predicted molar refractivity (Wildman–Crippen MR) is 59.7 cm³/mol. The number of morpholine rings is 1. The summed E-state index contributed by atoms with van der Waals surface area (Å²) >= 11 is 0. The summed E-state index contributed by atoms with van der Waals surface area (Å²) in [5.74, 6) is 0.194. The van der Waals surface area contributed by atoms with E-state index in [1.54, 1.807) is 0 Å². The molecule has 1 fully saturated rings. The Morgan fingerprint density at radius 1 is 1.60 bits per heavy atom. The van der Waals surface area contributed by atoms with Crippen molar-refractivity contribution in [2.45, 2.75) is 26.4 Å². The normalized spacial score (nSPS) is 23.1. The zero-order valence-corrected chi connectivity index (χ0v) is 9.95. The van der Waals surface area contributed by atoms with Gasteiger partial charge in [-0.25, -0.2) is 0 Å². The fraction of sp³-hybridized carbons (Fsp3) is 0.909. The van der Waals surface area contributed by atoms with Gasteiger partial charge in [0.25, 0.3) is 0 Å². The molecule has 1 aliphatic rings. The Balaban J connectivity index is 2.11. The summed E-state index contributed by atoms with van der Waals surface area (Å²) in [5.41, 5.74) is 0. The van der Waals surface area contributed by atoms with Crippen LogP contribution in [0.25, 0.3) is 0 Å². The second-order valence-electron chi connectivity index (χ2n) is 4.49. The van der Waals surface area contributed by atoms with Crippen LogP contribution in [0, 0.1) is 5.92 Å². The van der Waals surface area contributed by atoms with Gasteiger partial charge < -0.3 is 15.0 Å². The van der Waals surface area contributed by atoms with E-state index in [1.165, 1.54) is 0 Å². The molecule has 0 bridgehead atoms. The van der Waals surface area contributed by atoms with Gasteiger partial charge in [0.05, 0.1) is 12.7 Å². The van der Waals surface area contributed by atoms with Crippen molar-refractivity contribution in [3.05, 3.63) is 0 Å². The molecule has 1 heterocycles. The highest BCUT2D eigenvalue weighted by molar-refractivity contribution is 5.77. The van der Waals surface area contributed by atoms with E-state index in [-0.39, 0.29) is 17.9 Å². The van der Waals surface area contributed by atoms with Crippen LogP contribution in [-0.2, 0) is 9.53 Å². The third kappa shape index (κ3) is 4.62. The Morgan fingerprint density at radius 3 is 2.93 bits per heavy atom. The third-order valence-corrected chi connectivity index (χ3v) is 2.63. The number of carbonyl (C=O) groups is 1. The molecule has 0 spiro atoms. The van der Waals surface area contributed by atoms with E-state index in [4.69, 9.17) is 4.74 Å². The Morgan fingerprint density at radius 2 is 2.33 bits per heavy atom. The molecule has 1 rings (SSSR count). The SMILES string of the molecule is CC(C)C(=O)NCCC1CN(C)CCO1. The summed E-state index contributed by atoms with van der Waals surface area (Å²) in [5, 5.41) is 2.91. The van der Waals surface area contributed by atoms with Crippen LogP contribution >= 0.6 is 0 Å². The highest BCUT2D eigenvalue weighted by atomic mass is 16.5. The molecule has 1 aliphatic heterocycles. The maximum Gasteiger partial charge on any atom is 0.222 e. The molecule has 0 radical (unpaired) electrons. The van der Waals surface area contributed by atoms with Gasteiger partial charge in [-0.2, -0.15) is 0 Å². The zero-order chi connectivity index (χ0) is 11.3. The molecule has 4 heteroatoms. The molecule has 0 aromatic heterocycles. The third-order valence-electron chi connectivity index (χ3n) is 2.63. The maximum atomic E-state index is 11.3. The van der Waals surface area contributed by atoms with Crippen LogP contribution in [0.15, 0.2) is 0 Å². The lowest BCUT2D eigenvalue weighted by atomic mass is 10.2. The molecule has 1 N–H and O–H groups in total. The molecule has 15 heavy (non-hydrogen) atoms. The van der Waals surface area contributed by atoms with E-state index >= 15 is 0 Å². The molecule has 1 unspecified atom stereocenters. The summed E-state index contributed by atoms with van der Waals surface area (Å²) in [6.07, 6.45) is 1.18. The first-order valence-corrected chi connectivity index (χ1v) is 5.67. The molecule has 0 aromatic rings. The monoisotopic (exact) mass is 214 g/mol. The number of nitrogens with one attached hydrogen (secondary N) is 1. The fourth-order valence-corrected chi connectivity index (χ4v) is 1.60. The van der Waals surface area contributed by atoms with Gasteiger partial charge in [0.2, 0.25) is 5.91 Å². The lowest BCUT2D eigenvalue weighted by molar-refractivity contribution is -0.124. The molecule has 1 saturated heterocycles. The van der Waals surface area contributed by atoms with Gasteiger partial charge in [0.15, 0.2) is 0 Å². The summed E-state index contributed by atoms with van der Waals surface area (Å²) in [6, 6.07) is 0. The van der Waals surface area contributed by atoms with E-state index in [2.05, 4.69) is 17.3 Å². The molecular weight excluding hydrogens is 192 g/mol. The Kier molecular flexibility index (Phi) is 5.05. The van der Waals surface area contributed by atoms with Crippen molar-refractivity contribution < 1.29 is 9.53 Å². The standard InChI is InChI=1S/C11H22N2O2/c1-9(2)11(14)12-5-4-10-8-13(3)6-7-15-10/h9-10H,4-8H2,1-3H3,(H,12,14). The number of hydrogen-bond donors (Lipinski definition) is 1. The minimum absolute atomic E-state index is 0.0694. The highest BCUT2D eigenvalue weighted by Crippen LogP contribution is 2.06. The second-order valence-corrected chi connectivity index (χ2v) is 4.49. The van der Waals surface area contributed by atoms with Crippen LogP contribution < -0.4 is 5.32 Å². The number of ether oxygens (including phenoxy) is 1. The van der Waals surface area contributed by atoms with Gasteiger partial charge in [-0.1, -0.05) is 13.8 Å². The van der Waals surface area contributed by atoms with Crippen LogP contribution in [0.1, 0.15) is 20.3 Å². The number of rotatable bonds is 4. The minimum atomic E-state index is 0.0694. The molecule has 1 amide bonds. The Labute approximate surface area is 92.0 Å². The first kappa shape index (κ1) is 12.5. The van der Waals surface area contributed by atoms with Crippen LogP contribution in [0.3, 0.4) is 0 Å². The quantitative estimate of drug-likeness (QED) is 0.740. The van der Waals surface area contributed by atoms with E-state index < -0.39 is 0 Å². The molecule has 1 atom stereocenters. The first-order chi connectivity index (χ1) is 7.09.